The summed E-state index contributed by atoms with van der Waals surface area (Å²) in [7, 11) is 1.68. The summed E-state index contributed by atoms with van der Waals surface area (Å²) >= 11 is 0. The first kappa shape index (κ1) is 13.8. The van der Waals surface area contributed by atoms with Gasteiger partial charge in [0.1, 0.15) is 11.8 Å². The molecule has 2 rings (SSSR count). The number of hydrogen-bond donors (Lipinski definition) is 1. The van der Waals surface area contributed by atoms with Crippen molar-refractivity contribution < 1.29 is 9.66 Å². The second-order valence-corrected chi connectivity index (χ2v) is 5.16. The van der Waals surface area contributed by atoms with Gasteiger partial charge in [-0.2, -0.15) is 5.10 Å². The van der Waals surface area contributed by atoms with Gasteiger partial charge in [0.15, 0.2) is 0 Å². The number of nitrogens with zero attached hydrogens (tertiary/aromatic N) is 3. The number of ether oxygens (including phenoxy) is 1. The van der Waals surface area contributed by atoms with Crippen molar-refractivity contribution in [1.82, 2.24) is 15.1 Å². The molecule has 7 nitrogen and oxygen atoms in total. The predicted molar refractivity (Wildman–Crippen MR) is 70.5 cm³/mol. The minimum Gasteiger partial charge on any atom is -0.468 e. The Labute approximate surface area is 112 Å². The van der Waals surface area contributed by atoms with Crippen molar-refractivity contribution in [2.45, 2.75) is 38.7 Å². The van der Waals surface area contributed by atoms with Crippen LogP contribution in [0.25, 0.3) is 0 Å². The molecule has 1 fully saturated rings. The van der Waals surface area contributed by atoms with E-state index >= 15 is 0 Å². The molecule has 0 amide bonds. The Bertz CT molecular complexity index is 464. The van der Waals surface area contributed by atoms with Gasteiger partial charge in [-0.25, -0.2) is 4.68 Å². The number of aryl methyl sites for hydroxylation is 1. The van der Waals surface area contributed by atoms with Gasteiger partial charge in [-0.1, -0.05) is 13.8 Å². The number of piperidine rings is 1. The highest BCUT2D eigenvalue weighted by atomic mass is 16.6. The summed E-state index contributed by atoms with van der Waals surface area (Å²) in [6, 6.07) is 0. The van der Waals surface area contributed by atoms with Gasteiger partial charge in [0.05, 0.1) is 4.92 Å². The molecule has 0 saturated carbocycles. The largest absolute Gasteiger partial charge is 0.468 e. The van der Waals surface area contributed by atoms with Crippen molar-refractivity contribution in [3.8, 4) is 5.88 Å². The van der Waals surface area contributed by atoms with E-state index in [0.29, 0.717) is 5.69 Å². The van der Waals surface area contributed by atoms with Crippen molar-refractivity contribution in [3.63, 3.8) is 0 Å². The Morgan fingerprint density at radius 1 is 1.58 bits per heavy atom. The first-order valence-corrected chi connectivity index (χ1v) is 6.59. The summed E-state index contributed by atoms with van der Waals surface area (Å²) in [6.07, 6.45) is 1.91. The van der Waals surface area contributed by atoms with E-state index in [4.69, 9.17) is 4.74 Å². The Kier molecular flexibility index (Phi) is 4.04. The molecule has 0 aliphatic carbocycles. The van der Waals surface area contributed by atoms with Crippen LogP contribution in [0.3, 0.4) is 0 Å². The molecule has 1 aromatic rings. The molecule has 1 aliphatic rings. The highest BCUT2D eigenvalue weighted by Crippen LogP contribution is 2.35. The van der Waals surface area contributed by atoms with E-state index in [1.165, 1.54) is 4.68 Å². The van der Waals surface area contributed by atoms with Gasteiger partial charge in [0, 0.05) is 19.5 Å². The molecule has 0 radical (unpaired) electrons. The molecule has 0 unspecified atom stereocenters. The van der Waals surface area contributed by atoms with E-state index in [-0.39, 0.29) is 23.6 Å². The lowest BCUT2D eigenvalue weighted by Gasteiger charge is -2.23. The van der Waals surface area contributed by atoms with E-state index in [1.807, 2.05) is 13.8 Å². The SMILES string of the molecule is CC(C)c1nn(C)c(O[C@H]2CCCNC2)c1[N+](=O)[O-]. The van der Waals surface area contributed by atoms with Gasteiger partial charge in [-0.15, -0.1) is 0 Å². The standard InChI is InChI=1S/C12H20N4O3/c1-8(2)10-11(16(17)18)12(15(3)14-10)19-9-5-4-6-13-7-9/h8-9,13H,4-7H2,1-3H3/t9-/m0/s1. The fourth-order valence-corrected chi connectivity index (χ4v) is 2.29. The molecular formula is C12H20N4O3. The van der Waals surface area contributed by atoms with E-state index in [2.05, 4.69) is 10.4 Å². The molecule has 1 aromatic heterocycles. The summed E-state index contributed by atoms with van der Waals surface area (Å²) in [4.78, 5) is 10.9. The molecule has 19 heavy (non-hydrogen) atoms. The Morgan fingerprint density at radius 2 is 2.32 bits per heavy atom. The molecule has 7 heteroatoms. The minimum absolute atomic E-state index is 0.00285. The third-order valence-corrected chi connectivity index (χ3v) is 3.26. The fourth-order valence-electron chi connectivity index (χ4n) is 2.29. The Hall–Kier alpha value is -1.63. The molecule has 1 saturated heterocycles. The van der Waals surface area contributed by atoms with Gasteiger partial charge in [0.2, 0.25) is 0 Å². The molecule has 1 N–H and O–H groups in total. The zero-order valence-electron chi connectivity index (χ0n) is 11.5. The number of nitro groups is 1. The average Bonchev–Trinajstić information content (AvgIpc) is 2.68. The second kappa shape index (κ2) is 5.56. The maximum Gasteiger partial charge on any atom is 0.353 e. The van der Waals surface area contributed by atoms with Gasteiger partial charge < -0.3 is 10.1 Å². The zero-order valence-corrected chi connectivity index (χ0v) is 11.5. The fraction of sp³-hybridized carbons (Fsp3) is 0.750. The van der Waals surface area contributed by atoms with Crippen LogP contribution in [-0.4, -0.2) is 33.9 Å². The van der Waals surface area contributed by atoms with Crippen LogP contribution in [-0.2, 0) is 7.05 Å². The van der Waals surface area contributed by atoms with Gasteiger partial charge >= 0.3 is 5.69 Å². The number of aromatic nitrogens is 2. The maximum atomic E-state index is 11.3. The second-order valence-electron chi connectivity index (χ2n) is 5.16. The Balaban J connectivity index is 2.30. The van der Waals surface area contributed by atoms with Crippen LogP contribution in [0.5, 0.6) is 5.88 Å². The van der Waals surface area contributed by atoms with E-state index in [9.17, 15) is 10.1 Å². The van der Waals surface area contributed by atoms with Crippen molar-refractivity contribution in [3.05, 3.63) is 15.8 Å². The third kappa shape index (κ3) is 2.86. The van der Waals surface area contributed by atoms with Crippen LogP contribution in [0.1, 0.15) is 38.3 Å². The van der Waals surface area contributed by atoms with Crippen molar-refractivity contribution in [1.29, 1.82) is 0 Å². The number of nitrogens with one attached hydrogen (secondary N) is 1. The molecular weight excluding hydrogens is 248 g/mol. The monoisotopic (exact) mass is 268 g/mol. The average molecular weight is 268 g/mol. The van der Waals surface area contributed by atoms with Gasteiger partial charge in [-0.05, 0) is 19.4 Å². The predicted octanol–water partition coefficient (Wildman–Crippen LogP) is 1.58. The highest BCUT2D eigenvalue weighted by molar-refractivity contribution is 5.47. The molecule has 0 aromatic carbocycles. The first-order chi connectivity index (χ1) is 9.00. The zero-order chi connectivity index (χ0) is 14.0. The van der Waals surface area contributed by atoms with Gasteiger partial charge in [-0.3, -0.25) is 10.1 Å². The van der Waals surface area contributed by atoms with Crippen molar-refractivity contribution in [2.75, 3.05) is 13.1 Å². The summed E-state index contributed by atoms with van der Waals surface area (Å²) < 4.78 is 7.28. The Morgan fingerprint density at radius 3 is 2.84 bits per heavy atom. The molecule has 106 valence electrons. The summed E-state index contributed by atoms with van der Waals surface area (Å²) in [5.41, 5.74) is 0.481. The third-order valence-electron chi connectivity index (χ3n) is 3.26. The minimum atomic E-state index is -0.395. The lowest BCUT2D eigenvalue weighted by atomic mass is 10.1. The lowest BCUT2D eigenvalue weighted by molar-refractivity contribution is -0.387. The van der Waals surface area contributed by atoms with Crippen LogP contribution in [0.15, 0.2) is 0 Å². The normalized spacial score (nSPS) is 19.7. The van der Waals surface area contributed by atoms with Crippen molar-refractivity contribution >= 4 is 5.69 Å². The molecule has 0 bridgehead atoms. The van der Waals surface area contributed by atoms with E-state index in [1.54, 1.807) is 7.05 Å². The molecule has 1 aliphatic heterocycles. The van der Waals surface area contributed by atoms with Crippen LogP contribution < -0.4 is 10.1 Å². The topological polar surface area (TPSA) is 82.2 Å². The first-order valence-electron chi connectivity index (χ1n) is 6.59. The van der Waals surface area contributed by atoms with E-state index < -0.39 is 4.92 Å². The highest BCUT2D eigenvalue weighted by Gasteiger charge is 2.31. The number of rotatable bonds is 4. The maximum absolute atomic E-state index is 11.3. The molecule has 0 spiro atoms. The molecule has 1 atom stereocenters. The lowest BCUT2D eigenvalue weighted by Crippen LogP contribution is -2.37. The quantitative estimate of drug-likeness (QED) is 0.662. The van der Waals surface area contributed by atoms with Crippen LogP contribution in [0.4, 0.5) is 5.69 Å². The van der Waals surface area contributed by atoms with E-state index in [0.717, 1.165) is 25.9 Å². The van der Waals surface area contributed by atoms with Gasteiger partial charge in [0.25, 0.3) is 5.88 Å². The molecule has 2 heterocycles. The number of hydrogen-bond acceptors (Lipinski definition) is 5. The van der Waals surface area contributed by atoms with Crippen LogP contribution in [0, 0.1) is 10.1 Å². The van der Waals surface area contributed by atoms with Crippen LogP contribution in [0.2, 0.25) is 0 Å². The van der Waals surface area contributed by atoms with Crippen LogP contribution >= 0.6 is 0 Å². The van der Waals surface area contributed by atoms with Crippen molar-refractivity contribution in [2.24, 2.45) is 7.05 Å². The summed E-state index contributed by atoms with van der Waals surface area (Å²) in [5.74, 6) is 0.260. The summed E-state index contributed by atoms with van der Waals surface area (Å²) in [6.45, 7) is 5.48. The smallest absolute Gasteiger partial charge is 0.353 e. The summed E-state index contributed by atoms with van der Waals surface area (Å²) in [5, 5.41) is 18.7.